The Labute approximate surface area is 133 Å². The van der Waals surface area contributed by atoms with Crippen LogP contribution in [0.4, 0.5) is 14.5 Å². The van der Waals surface area contributed by atoms with Gasteiger partial charge in [-0.1, -0.05) is 23.7 Å². The van der Waals surface area contributed by atoms with Crippen LogP contribution < -0.4 is 4.72 Å². The van der Waals surface area contributed by atoms with Crippen LogP contribution in [0.5, 0.6) is 0 Å². The topological polar surface area (TPSA) is 29.1 Å². The average molecular weight is 350 g/mol. The second-order valence-electron chi connectivity index (χ2n) is 4.18. The number of hydrogen-bond donors (Lipinski definition) is 1. The number of rotatable bonds is 5. The van der Waals surface area contributed by atoms with Crippen LogP contribution >= 0.6 is 23.2 Å². The summed E-state index contributed by atoms with van der Waals surface area (Å²) in [6.07, 6.45) is -2.60. The van der Waals surface area contributed by atoms with Gasteiger partial charge < -0.3 is 4.72 Å². The minimum atomic E-state index is -2.60. The van der Waals surface area contributed by atoms with Crippen LogP contribution in [0.25, 0.3) is 0 Å². The van der Waals surface area contributed by atoms with E-state index >= 15 is 0 Å². The molecule has 21 heavy (non-hydrogen) atoms. The van der Waals surface area contributed by atoms with Crippen molar-refractivity contribution in [3.8, 4) is 0 Å². The molecule has 1 N–H and O–H groups in total. The highest BCUT2D eigenvalue weighted by Crippen LogP contribution is 2.27. The van der Waals surface area contributed by atoms with Crippen molar-refractivity contribution in [3.63, 3.8) is 0 Å². The van der Waals surface area contributed by atoms with Gasteiger partial charge in [0.25, 0.3) is 6.43 Å². The molecule has 0 aliphatic rings. The summed E-state index contributed by atoms with van der Waals surface area (Å²) in [7, 11) is -1.59. The van der Waals surface area contributed by atoms with Crippen molar-refractivity contribution in [2.75, 3.05) is 4.72 Å². The lowest BCUT2D eigenvalue weighted by atomic mass is 10.1. The maximum Gasteiger partial charge on any atom is 0.263 e. The first-order chi connectivity index (χ1) is 10.0. The quantitative estimate of drug-likeness (QED) is 0.743. The fourth-order valence-corrected chi connectivity index (χ4v) is 2.91. The monoisotopic (exact) mass is 349 g/mol. The fraction of sp³-hybridized carbons (Fsp3) is 0.143. The average Bonchev–Trinajstić information content (AvgIpc) is 2.47. The van der Waals surface area contributed by atoms with Gasteiger partial charge in [-0.05, 0) is 35.9 Å². The highest BCUT2D eigenvalue weighted by molar-refractivity contribution is 7.86. The second kappa shape index (κ2) is 7.20. The van der Waals surface area contributed by atoms with Gasteiger partial charge in [0.2, 0.25) is 0 Å². The van der Waals surface area contributed by atoms with Gasteiger partial charge in [-0.15, -0.1) is 11.6 Å². The highest BCUT2D eigenvalue weighted by atomic mass is 35.5. The number of benzene rings is 2. The molecule has 0 saturated heterocycles. The van der Waals surface area contributed by atoms with Gasteiger partial charge in [0.05, 0.1) is 10.6 Å². The van der Waals surface area contributed by atoms with E-state index in [1.54, 1.807) is 24.3 Å². The summed E-state index contributed by atoms with van der Waals surface area (Å²) < 4.78 is 40.4. The van der Waals surface area contributed by atoms with Crippen molar-refractivity contribution in [1.82, 2.24) is 0 Å². The van der Waals surface area contributed by atoms with Crippen LogP contribution in [0, 0.1) is 0 Å². The predicted molar refractivity (Wildman–Crippen MR) is 82.4 cm³/mol. The van der Waals surface area contributed by atoms with E-state index in [0.29, 0.717) is 21.2 Å². The van der Waals surface area contributed by atoms with E-state index in [0.717, 1.165) is 0 Å². The fourth-order valence-electron chi connectivity index (χ4n) is 1.66. The summed E-state index contributed by atoms with van der Waals surface area (Å²) in [5.74, 6) is 0.129. The van der Waals surface area contributed by atoms with E-state index in [1.807, 2.05) is 0 Å². The molecule has 2 nitrogen and oxygen atoms in total. The normalized spacial score (nSPS) is 12.4. The van der Waals surface area contributed by atoms with Gasteiger partial charge in [0.15, 0.2) is 0 Å². The summed E-state index contributed by atoms with van der Waals surface area (Å²) in [6, 6.07) is 10.5. The SMILES string of the molecule is O=S(Nc1cc(C(F)F)ccc1CCl)c1ccc(Cl)cc1. The van der Waals surface area contributed by atoms with E-state index in [4.69, 9.17) is 23.2 Å². The molecule has 1 atom stereocenters. The van der Waals surface area contributed by atoms with Crippen LogP contribution in [-0.2, 0) is 16.9 Å². The standard InChI is InChI=1S/C14H11Cl2F2NOS/c15-8-10-2-1-9(14(17)18)7-13(10)19-21(20)12-5-3-11(16)4-6-12/h1-7,14,19H,8H2. The number of anilines is 1. The van der Waals surface area contributed by atoms with Crippen LogP contribution in [-0.4, -0.2) is 4.21 Å². The zero-order valence-electron chi connectivity index (χ0n) is 10.7. The Morgan fingerprint density at radius 2 is 1.81 bits per heavy atom. The van der Waals surface area contributed by atoms with Crippen LogP contribution in [0.1, 0.15) is 17.6 Å². The molecule has 0 aliphatic carbocycles. The lowest BCUT2D eigenvalue weighted by Crippen LogP contribution is -2.07. The molecule has 0 bridgehead atoms. The first-order valence-corrected chi connectivity index (χ1v) is 7.98. The minimum absolute atomic E-state index is 0.129. The molecule has 0 spiro atoms. The molecule has 0 aromatic heterocycles. The third kappa shape index (κ3) is 4.15. The van der Waals surface area contributed by atoms with Crippen molar-refractivity contribution in [2.45, 2.75) is 17.2 Å². The first kappa shape index (κ1) is 16.2. The van der Waals surface area contributed by atoms with E-state index in [1.165, 1.54) is 18.2 Å². The molecule has 0 amide bonds. The summed E-state index contributed by atoms with van der Waals surface area (Å²) in [4.78, 5) is 0.488. The third-order valence-corrected chi connectivity index (χ3v) is 4.41. The van der Waals surface area contributed by atoms with Crippen molar-refractivity contribution in [2.24, 2.45) is 0 Å². The Hall–Kier alpha value is -1.17. The number of hydrogen-bond acceptors (Lipinski definition) is 1. The molecule has 112 valence electrons. The van der Waals surface area contributed by atoms with Crippen molar-refractivity contribution < 1.29 is 13.0 Å². The molecule has 2 aromatic carbocycles. The zero-order chi connectivity index (χ0) is 15.4. The Morgan fingerprint density at radius 1 is 1.14 bits per heavy atom. The maximum absolute atomic E-state index is 12.7. The van der Waals surface area contributed by atoms with Crippen molar-refractivity contribution >= 4 is 39.9 Å². The van der Waals surface area contributed by atoms with E-state index < -0.39 is 17.4 Å². The summed E-state index contributed by atoms with van der Waals surface area (Å²) in [6.45, 7) is 0. The molecule has 0 aliphatic heterocycles. The predicted octanol–water partition coefficient (Wildman–Crippen LogP) is 5.15. The molecule has 0 radical (unpaired) electrons. The van der Waals surface area contributed by atoms with Gasteiger partial charge in [-0.25, -0.2) is 13.0 Å². The first-order valence-electron chi connectivity index (χ1n) is 5.92. The second-order valence-corrected chi connectivity index (χ2v) is 6.09. The summed E-state index contributed by atoms with van der Waals surface area (Å²) in [5, 5.41) is 0.525. The van der Waals surface area contributed by atoms with Crippen LogP contribution in [0.15, 0.2) is 47.4 Å². The molecule has 2 rings (SSSR count). The van der Waals surface area contributed by atoms with Gasteiger partial charge in [-0.2, -0.15) is 0 Å². The van der Waals surface area contributed by atoms with Crippen LogP contribution in [0.3, 0.4) is 0 Å². The van der Waals surface area contributed by atoms with E-state index in [2.05, 4.69) is 4.72 Å². The lowest BCUT2D eigenvalue weighted by Gasteiger charge is -2.12. The molecule has 0 saturated carbocycles. The van der Waals surface area contributed by atoms with E-state index in [-0.39, 0.29) is 11.4 Å². The molecule has 0 heterocycles. The number of halogens is 4. The molecule has 7 heteroatoms. The van der Waals surface area contributed by atoms with Gasteiger partial charge in [-0.3, -0.25) is 0 Å². The van der Waals surface area contributed by atoms with Gasteiger partial charge >= 0.3 is 0 Å². The van der Waals surface area contributed by atoms with E-state index in [9.17, 15) is 13.0 Å². The molecule has 2 aromatic rings. The molecule has 0 fully saturated rings. The van der Waals surface area contributed by atoms with Crippen molar-refractivity contribution in [1.29, 1.82) is 0 Å². The Kier molecular flexibility index (Phi) is 5.56. The molecular formula is C14H11Cl2F2NOS. The van der Waals surface area contributed by atoms with Gasteiger partial charge in [0.1, 0.15) is 11.0 Å². The molecular weight excluding hydrogens is 339 g/mol. The Bertz CT molecular complexity index is 650. The molecule has 1 unspecified atom stereocenters. The highest BCUT2D eigenvalue weighted by Gasteiger charge is 2.12. The maximum atomic E-state index is 12.7. The lowest BCUT2D eigenvalue weighted by molar-refractivity contribution is 0.151. The number of nitrogens with one attached hydrogen (secondary N) is 1. The number of alkyl halides is 3. The third-order valence-electron chi connectivity index (χ3n) is 2.76. The summed E-state index contributed by atoms with van der Waals surface area (Å²) >= 11 is 11.5. The Morgan fingerprint density at radius 3 is 2.38 bits per heavy atom. The van der Waals surface area contributed by atoms with Crippen LogP contribution in [0.2, 0.25) is 5.02 Å². The smallest absolute Gasteiger partial charge is 0.263 e. The summed E-state index contributed by atoms with van der Waals surface area (Å²) in [5.41, 5.74) is 0.777. The van der Waals surface area contributed by atoms with Gasteiger partial charge in [0, 0.05) is 16.5 Å². The largest absolute Gasteiger partial charge is 0.301 e. The Balaban J connectivity index is 2.27. The minimum Gasteiger partial charge on any atom is -0.301 e. The zero-order valence-corrected chi connectivity index (χ0v) is 13.0. The van der Waals surface area contributed by atoms with Crippen molar-refractivity contribution in [3.05, 3.63) is 58.6 Å².